The summed E-state index contributed by atoms with van der Waals surface area (Å²) in [7, 11) is 0. The van der Waals surface area contributed by atoms with Crippen LogP contribution in [0, 0.1) is 26.1 Å². The molecule has 0 saturated heterocycles. The molecular weight excluding hydrogens is 554 g/mol. The highest BCUT2D eigenvalue weighted by Crippen LogP contribution is 2.48. The molecular formula is C26H32F2N2O11. The number of ether oxygens (including phenoxy) is 2. The molecule has 2 atom stereocenters. The summed E-state index contributed by atoms with van der Waals surface area (Å²) in [5.41, 5.74) is 0.769. The molecule has 15 heteroatoms. The highest BCUT2D eigenvalue weighted by Gasteiger charge is 2.44. The standard InChI is InChI=1S/C26H32F2N2O11/c1-16(2)19-9-8-17(3)13-20(19)24-21(31)14-18(15-22(24)41-23(32)7-6-12-40-30(36)37)26(27,28)25(33)38-10-4-5-11-39-29(34)35/h13-15,19-20,31H,1,4-12H2,2-3H3/t19?,20-/m1/s1. The van der Waals surface area contributed by atoms with E-state index in [1.54, 1.807) is 6.92 Å². The normalized spacial score (nSPS) is 16.7. The number of carbonyl (C=O) groups is 2. The number of phenolic OH excluding ortho intramolecular Hbond substituents is 1. The minimum Gasteiger partial charge on any atom is -0.507 e. The van der Waals surface area contributed by atoms with Gasteiger partial charge in [-0.2, -0.15) is 8.78 Å². The molecule has 1 aromatic rings. The van der Waals surface area contributed by atoms with Gasteiger partial charge in [0.25, 0.3) is 10.2 Å². The van der Waals surface area contributed by atoms with Gasteiger partial charge in [-0.15, -0.1) is 20.2 Å². The molecule has 1 N–H and O–H groups in total. The Bertz CT molecular complexity index is 1190. The van der Waals surface area contributed by atoms with Crippen LogP contribution in [0.3, 0.4) is 0 Å². The molecule has 0 aliphatic heterocycles. The Balaban J connectivity index is 2.36. The number of hydrogen-bond acceptors (Lipinski definition) is 11. The third-order valence-electron chi connectivity index (χ3n) is 6.37. The number of hydrogen-bond donors (Lipinski definition) is 1. The van der Waals surface area contributed by atoms with Gasteiger partial charge in [-0.05, 0) is 64.0 Å². The Hall–Kier alpha value is -4.30. The zero-order valence-corrected chi connectivity index (χ0v) is 22.6. The first-order chi connectivity index (χ1) is 19.2. The number of aromatic hydroxyl groups is 1. The topological polar surface area (TPSA) is 178 Å². The molecule has 0 fully saturated rings. The highest BCUT2D eigenvalue weighted by atomic mass is 19.3. The molecule has 41 heavy (non-hydrogen) atoms. The second kappa shape index (κ2) is 14.9. The smallest absolute Gasteiger partial charge is 0.381 e. The lowest BCUT2D eigenvalue weighted by atomic mass is 9.73. The molecule has 0 heterocycles. The van der Waals surface area contributed by atoms with Gasteiger partial charge in [0.2, 0.25) is 0 Å². The SMILES string of the molecule is C=C(C)C1CCC(C)=C[C@H]1c1c(O)cc(C(F)(F)C(=O)OCCCCO[N+](=O)[O-])cc1OC(=O)CCCO[N+](=O)[O-]. The van der Waals surface area contributed by atoms with Gasteiger partial charge < -0.3 is 24.3 Å². The second-order valence-electron chi connectivity index (χ2n) is 9.55. The Morgan fingerprint density at radius 3 is 2.32 bits per heavy atom. The fourth-order valence-electron chi connectivity index (χ4n) is 4.36. The lowest BCUT2D eigenvalue weighted by molar-refractivity contribution is -0.757. The number of phenols is 1. The number of halogens is 2. The van der Waals surface area contributed by atoms with Crippen LogP contribution in [-0.2, 0) is 29.9 Å². The van der Waals surface area contributed by atoms with Gasteiger partial charge in [-0.25, -0.2) is 4.79 Å². The van der Waals surface area contributed by atoms with Crippen LogP contribution in [0.15, 0.2) is 35.9 Å². The summed E-state index contributed by atoms with van der Waals surface area (Å²) in [6.07, 6.45) is 2.83. The summed E-state index contributed by atoms with van der Waals surface area (Å²) in [5, 5.41) is 29.4. The maximum Gasteiger partial charge on any atom is 0.381 e. The Morgan fingerprint density at radius 1 is 1.10 bits per heavy atom. The summed E-state index contributed by atoms with van der Waals surface area (Å²) in [5.74, 6) is -8.99. The van der Waals surface area contributed by atoms with Gasteiger partial charge >= 0.3 is 17.9 Å². The zero-order chi connectivity index (χ0) is 30.7. The van der Waals surface area contributed by atoms with Gasteiger partial charge in [0, 0.05) is 23.5 Å². The molecule has 1 aromatic carbocycles. The van der Waals surface area contributed by atoms with Gasteiger partial charge in [0.1, 0.15) is 11.5 Å². The molecule has 2 rings (SSSR count). The number of esters is 2. The first kappa shape index (κ1) is 32.9. The van der Waals surface area contributed by atoms with E-state index in [1.807, 2.05) is 13.0 Å². The van der Waals surface area contributed by atoms with Gasteiger partial charge in [0.05, 0.1) is 19.8 Å². The largest absolute Gasteiger partial charge is 0.507 e. The van der Waals surface area contributed by atoms with Crippen LogP contribution >= 0.6 is 0 Å². The van der Waals surface area contributed by atoms with Crippen molar-refractivity contribution >= 4 is 11.9 Å². The van der Waals surface area contributed by atoms with Gasteiger partial charge in [-0.1, -0.05) is 23.8 Å². The molecule has 1 aliphatic carbocycles. The van der Waals surface area contributed by atoms with Crippen LogP contribution in [0.2, 0.25) is 0 Å². The lowest BCUT2D eigenvalue weighted by Gasteiger charge is -2.32. The van der Waals surface area contributed by atoms with Gasteiger partial charge in [0.15, 0.2) is 0 Å². The van der Waals surface area contributed by atoms with Crippen LogP contribution in [0.25, 0.3) is 0 Å². The van der Waals surface area contributed by atoms with E-state index in [1.165, 1.54) is 0 Å². The lowest BCUT2D eigenvalue weighted by Crippen LogP contribution is -2.29. The second-order valence-corrected chi connectivity index (χ2v) is 9.55. The predicted octanol–water partition coefficient (Wildman–Crippen LogP) is 4.93. The Kier molecular flexibility index (Phi) is 12.0. The van der Waals surface area contributed by atoms with Crippen LogP contribution in [-0.4, -0.2) is 47.0 Å². The van der Waals surface area contributed by atoms with E-state index in [9.17, 15) is 34.9 Å². The number of unbranched alkanes of at least 4 members (excludes halogenated alkanes) is 1. The van der Waals surface area contributed by atoms with E-state index in [4.69, 9.17) is 4.74 Å². The molecule has 0 bridgehead atoms. The van der Waals surface area contributed by atoms with Crippen LogP contribution < -0.4 is 4.74 Å². The number of alkyl halides is 2. The molecule has 226 valence electrons. The minimum atomic E-state index is -4.26. The third kappa shape index (κ3) is 9.69. The maximum absolute atomic E-state index is 15.1. The Labute approximate surface area is 233 Å². The van der Waals surface area contributed by atoms with Crippen LogP contribution in [0.5, 0.6) is 11.5 Å². The monoisotopic (exact) mass is 586 g/mol. The molecule has 0 aromatic heterocycles. The first-order valence-corrected chi connectivity index (χ1v) is 12.7. The first-order valence-electron chi connectivity index (χ1n) is 12.7. The molecule has 1 unspecified atom stereocenters. The van der Waals surface area contributed by atoms with Crippen molar-refractivity contribution in [3.63, 3.8) is 0 Å². The number of benzene rings is 1. The molecule has 0 amide bonds. The summed E-state index contributed by atoms with van der Waals surface area (Å²) in [6.45, 7) is 6.46. The van der Waals surface area contributed by atoms with Crippen LogP contribution in [0.4, 0.5) is 8.78 Å². The number of rotatable bonds is 16. The molecule has 0 saturated carbocycles. The van der Waals surface area contributed by atoms with E-state index in [-0.39, 0.29) is 43.8 Å². The summed E-state index contributed by atoms with van der Waals surface area (Å²) in [4.78, 5) is 53.5. The van der Waals surface area contributed by atoms with E-state index in [0.717, 1.165) is 23.6 Å². The van der Waals surface area contributed by atoms with Crippen molar-refractivity contribution in [1.29, 1.82) is 0 Å². The van der Waals surface area contributed by atoms with Crippen molar-refractivity contribution < 1.29 is 52.8 Å². The molecule has 1 aliphatic rings. The summed E-state index contributed by atoms with van der Waals surface area (Å²) in [6, 6.07) is 1.48. The summed E-state index contributed by atoms with van der Waals surface area (Å²) < 4.78 is 40.3. The third-order valence-corrected chi connectivity index (χ3v) is 6.37. The van der Waals surface area contributed by atoms with Crippen molar-refractivity contribution in [2.45, 2.75) is 64.2 Å². The van der Waals surface area contributed by atoms with E-state index in [2.05, 4.69) is 21.0 Å². The highest BCUT2D eigenvalue weighted by molar-refractivity contribution is 5.80. The van der Waals surface area contributed by atoms with E-state index >= 15 is 8.78 Å². The predicted molar refractivity (Wildman–Crippen MR) is 137 cm³/mol. The average Bonchev–Trinajstić information content (AvgIpc) is 2.87. The van der Waals surface area contributed by atoms with Crippen molar-refractivity contribution in [2.24, 2.45) is 5.92 Å². The minimum absolute atomic E-state index is 0.0124. The Morgan fingerprint density at radius 2 is 1.71 bits per heavy atom. The zero-order valence-electron chi connectivity index (χ0n) is 22.6. The molecule has 13 nitrogen and oxygen atoms in total. The van der Waals surface area contributed by atoms with Crippen LogP contribution in [0.1, 0.15) is 69.4 Å². The van der Waals surface area contributed by atoms with Crippen molar-refractivity contribution in [1.82, 2.24) is 0 Å². The maximum atomic E-state index is 15.1. The van der Waals surface area contributed by atoms with E-state index in [0.29, 0.717) is 12.5 Å². The molecule has 0 radical (unpaired) electrons. The van der Waals surface area contributed by atoms with E-state index < -0.39 is 64.2 Å². The summed E-state index contributed by atoms with van der Waals surface area (Å²) >= 11 is 0. The fraction of sp³-hybridized carbons (Fsp3) is 0.538. The fourth-order valence-corrected chi connectivity index (χ4v) is 4.36. The number of allylic oxidation sites excluding steroid dienone is 3. The van der Waals surface area contributed by atoms with Crippen molar-refractivity contribution in [3.8, 4) is 11.5 Å². The quantitative estimate of drug-likeness (QED) is 0.0694. The average molecular weight is 587 g/mol. The molecule has 0 spiro atoms. The van der Waals surface area contributed by atoms with Crippen molar-refractivity contribution in [3.05, 3.63) is 67.3 Å². The van der Waals surface area contributed by atoms with Crippen molar-refractivity contribution in [2.75, 3.05) is 19.8 Å². The number of nitrogens with zero attached hydrogens (tertiary/aromatic N) is 2. The number of carbonyl (C=O) groups excluding carboxylic acids is 2. The van der Waals surface area contributed by atoms with Gasteiger partial charge in [-0.3, -0.25) is 4.79 Å².